The molecule has 112 valence electrons. The van der Waals surface area contributed by atoms with Crippen LogP contribution in [-0.4, -0.2) is 32.0 Å². The van der Waals surface area contributed by atoms with Crippen molar-refractivity contribution in [3.8, 4) is 0 Å². The molecule has 1 fully saturated rings. The number of rotatable bonds is 5. The van der Waals surface area contributed by atoms with E-state index in [4.69, 9.17) is 9.47 Å². The van der Waals surface area contributed by atoms with Crippen LogP contribution in [0.1, 0.15) is 47.0 Å². The molecule has 0 heterocycles. The largest absolute Gasteiger partial charge is 0.446 e. The molecule has 0 aromatic rings. The van der Waals surface area contributed by atoms with Crippen molar-refractivity contribution in [1.82, 2.24) is 5.32 Å². The molecule has 1 aliphatic rings. The molecule has 0 radical (unpaired) electrons. The Hall–Kier alpha value is -0.770. The minimum atomic E-state index is -0.311. The number of methoxy groups -OCH3 is 1. The molecule has 4 heteroatoms. The van der Waals surface area contributed by atoms with E-state index in [-0.39, 0.29) is 18.2 Å². The Labute approximate surface area is 117 Å². The summed E-state index contributed by atoms with van der Waals surface area (Å²) in [6.45, 7) is 9.07. The van der Waals surface area contributed by atoms with Crippen molar-refractivity contribution in [3.63, 3.8) is 0 Å². The molecule has 1 aliphatic carbocycles. The van der Waals surface area contributed by atoms with E-state index in [1.807, 2.05) is 6.92 Å². The van der Waals surface area contributed by atoms with Gasteiger partial charge in [-0.15, -0.1) is 0 Å². The number of nitrogens with one attached hydrogen (secondary N) is 1. The summed E-state index contributed by atoms with van der Waals surface area (Å²) in [7, 11) is 1.63. The standard InChI is InChI=1S/C15H29NO3/c1-10(2)13-7-6-11(3)8-14(13)19-15(17)16-12(4)9-18-5/h10-14H,6-9H2,1-5H3,(H,16,17)/t11-,12?,13+,14+/m1/s1. The van der Waals surface area contributed by atoms with Gasteiger partial charge in [-0.25, -0.2) is 4.79 Å². The van der Waals surface area contributed by atoms with E-state index in [1.165, 1.54) is 6.42 Å². The first-order valence-electron chi connectivity index (χ1n) is 7.40. The third-order valence-electron chi connectivity index (χ3n) is 4.00. The Kier molecular flexibility index (Phi) is 6.63. The number of carbonyl (C=O) groups is 1. The Balaban J connectivity index is 2.49. The highest BCUT2D eigenvalue weighted by molar-refractivity contribution is 5.67. The van der Waals surface area contributed by atoms with Gasteiger partial charge in [-0.05, 0) is 37.5 Å². The van der Waals surface area contributed by atoms with Crippen LogP contribution in [0.4, 0.5) is 4.79 Å². The smallest absolute Gasteiger partial charge is 0.407 e. The summed E-state index contributed by atoms with van der Waals surface area (Å²) in [6.07, 6.45) is 3.12. The average Bonchev–Trinajstić information content (AvgIpc) is 2.28. The van der Waals surface area contributed by atoms with E-state index in [2.05, 4.69) is 26.1 Å². The van der Waals surface area contributed by atoms with Gasteiger partial charge in [-0.1, -0.05) is 27.2 Å². The van der Waals surface area contributed by atoms with Gasteiger partial charge in [0.25, 0.3) is 0 Å². The van der Waals surface area contributed by atoms with Crippen molar-refractivity contribution in [2.75, 3.05) is 13.7 Å². The highest BCUT2D eigenvalue weighted by atomic mass is 16.6. The lowest BCUT2D eigenvalue weighted by atomic mass is 9.75. The number of ether oxygens (including phenoxy) is 2. The average molecular weight is 271 g/mol. The van der Waals surface area contributed by atoms with E-state index in [1.54, 1.807) is 7.11 Å². The maximum Gasteiger partial charge on any atom is 0.407 e. The number of carbonyl (C=O) groups excluding carboxylic acids is 1. The molecular weight excluding hydrogens is 242 g/mol. The van der Waals surface area contributed by atoms with Gasteiger partial charge >= 0.3 is 6.09 Å². The predicted molar refractivity (Wildman–Crippen MR) is 76.1 cm³/mol. The zero-order valence-corrected chi connectivity index (χ0v) is 12.9. The fourth-order valence-electron chi connectivity index (χ4n) is 2.91. The minimum absolute atomic E-state index is 0.0176. The topological polar surface area (TPSA) is 47.6 Å². The van der Waals surface area contributed by atoms with Crippen LogP contribution in [-0.2, 0) is 9.47 Å². The summed E-state index contributed by atoms with van der Waals surface area (Å²) in [5.41, 5.74) is 0. The molecule has 0 spiro atoms. The minimum Gasteiger partial charge on any atom is -0.446 e. The molecule has 1 amide bonds. The second kappa shape index (κ2) is 7.73. The Morgan fingerprint density at radius 2 is 2.00 bits per heavy atom. The van der Waals surface area contributed by atoms with Crippen LogP contribution in [0, 0.1) is 17.8 Å². The SMILES string of the molecule is COCC(C)NC(=O)O[C@H]1C[C@H](C)CC[C@H]1C(C)C. The number of amides is 1. The molecule has 0 aromatic heterocycles. The molecule has 1 rings (SSSR count). The Morgan fingerprint density at radius 1 is 1.32 bits per heavy atom. The van der Waals surface area contributed by atoms with Gasteiger partial charge in [0, 0.05) is 7.11 Å². The van der Waals surface area contributed by atoms with Crippen molar-refractivity contribution >= 4 is 6.09 Å². The summed E-state index contributed by atoms with van der Waals surface area (Å²) in [5.74, 6) is 1.69. The van der Waals surface area contributed by atoms with Crippen LogP contribution in [0.25, 0.3) is 0 Å². The molecule has 1 saturated carbocycles. The fraction of sp³-hybridized carbons (Fsp3) is 0.933. The quantitative estimate of drug-likeness (QED) is 0.835. The molecule has 1 unspecified atom stereocenters. The van der Waals surface area contributed by atoms with Gasteiger partial charge in [0.15, 0.2) is 0 Å². The monoisotopic (exact) mass is 271 g/mol. The third-order valence-corrected chi connectivity index (χ3v) is 4.00. The zero-order chi connectivity index (χ0) is 14.4. The number of hydrogen-bond donors (Lipinski definition) is 1. The predicted octanol–water partition coefficient (Wildman–Crippen LogP) is 3.21. The van der Waals surface area contributed by atoms with E-state index < -0.39 is 0 Å². The van der Waals surface area contributed by atoms with Gasteiger partial charge < -0.3 is 14.8 Å². The fourth-order valence-corrected chi connectivity index (χ4v) is 2.91. The van der Waals surface area contributed by atoms with E-state index in [0.29, 0.717) is 24.4 Å². The maximum absolute atomic E-state index is 11.9. The first-order chi connectivity index (χ1) is 8.93. The lowest BCUT2D eigenvalue weighted by molar-refractivity contribution is 0.00399. The Morgan fingerprint density at radius 3 is 2.58 bits per heavy atom. The molecule has 0 aliphatic heterocycles. The van der Waals surface area contributed by atoms with E-state index in [0.717, 1.165) is 12.8 Å². The van der Waals surface area contributed by atoms with Crippen molar-refractivity contribution in [2.24, 2.45) is 17.8 Å². The lowest BCUT2D eigenvalue weighted by Gasteiger charge is -2.36. The summed E-state index contributed by atoms with van der Waals surface area (Å²) in [6, 6.07) is -0.0176. The lowest BCUT2D eigenvalue weighted by Crippen LogP contribution is -2.42. The summed E-state index contributed by atoms with van der Waals surface area (Å²) >= 11 is 0. The van der Waals surface area contributed by atoms with Crippen LogP contribution in [0.2, 0.25) is 0 Å². The van der Waals surface area contributed by atoms with Gasteiger partial charge in [-0.2, -0.15) is 0 Å². The van der Waals surface area contributed by atoms with Gasteiger partial charge in [0.05, 0.1) is 12.6 Å². The molecule has 4 atom stereocenters. The second-order valence-electron chi connectivity index (χ2n) is 6.27. The number of alkyl carbamates (subject to hydrolysis) is 1. The van der Waals surface area contributed by atoms with Crippen molar-refractivity contribution in [1.29, 1.82) is 0 Å². The van der Waals surface area contributed by atoms with Gasteiger partial charge in [0.2, 0.25) is 0 Å². The van der Waals surface area contributed by atoms with Crippen LogP contribution >= 0.6 is 0 Å². The van der Waals surface area contributed by atoms with Crippen LogP contribution in [0.15, 0.2) is 0 Å². The molecule has 1 N–H and O–H groups in total. The summed E-state index contributed by atoms with van der Waals surface area (Å²) < 4.78 is 10.6. The van der Waals surface area contributed by atoms with Crippen molar-refractivity contribution < 1.29 is 14.3 Å². The van der Waals surface area contributed by atoms with Crippen LogP contribution in [0.3, 0.4) is 0 Å². The normalized spacial score (nSPS) is 29.1. The van der Waals surface area contributed by atoms with Gasteiger partial charge in [-0.3, -0.25) is 0 Å². The second-order valence-corrected chi connectivity index (χ2v) is 6.27. The highest BCUT2D eigenvalue weighted by Crippen LogP contribution is 2.35. The first-order valence-corrected chi connectivity index (χ1v) is 7.40. The van der Waals surface area contributed by atoms with E-state index in [9.17, 15) is 4.79 Å². The molecular formula is C15H29NO3. The maximum atomic E-state index is 11.9. The zero-order valence-electron chi connectivity index (χ0n) is 12.9. The number of hydrogen-bond acceptors (Lipinski definition) is 3. The Bertz CT molecular complexity index is 281. The van der Waals surface area contributed by atoms with Crippen molar-refractivity contribution in [2.45, 2.75) is 59.1 Å². The molecule has 19 heavy (non-hydrogen) atoms. The molecule has 0 bridgehead atoms. The van der Waals surface area contributed by atoms with E-state index >= 15 is 0 Å². The van der Waals surface area contributed by atoms with Crippen LogP contribution < -0.4 is 5.32 Å². The first kappa shape index (κ1) is 16.3. The van der Waals surface area contributed by atoms with Crippen molar-refractivity contribution in [3.05, 3.63) is 0 Å². The summed E-state index contributed by atoms with van der Waals surface area (Å²) in [4.78, 5) is 11.9. The third kappa shape index (κ3) is 5.39. The summed E-state index contributed by atoms with van der Waals surface area (Å²) in [5, 5.41) is 2.82. The van der Waals surface area contributed by atoms with Gasteiger partial charge in [0.1, 0.15) is 6.10 Å². The molecule has 4 nitrogen and oxygen atoms in total. The molecule has 0 saturated heterocycles. The van der Waals surface area contributed by atoms with Crippen LogP contribution in [0.5, 0.6) is 0 Å². The highest BCUT2D eigenvalue weighted by Gasteiger charge is 2.33. The molecule has 0 aromatic carbocycles.